The van der Waals surface area contributed by atoms with Crippen LogP contribution in [-0.2, 0) is 24.2 Å². The number of aromatic nitrogens is 1. The van der Waals surface area contributed by atoms with Gasteiger partial charge in [0.15, 0.2) is 0 Å². The molecule has 0 bridgehead atoms. The molecule has 6 nitrogen and oxygen atoms in total. The van der Waals surface area contributed by atoms with Crippen molar-refractivity contribution in [3.05, 3.63) is 99.7 Å². The van der Waals surface area contributed by atoms with Gasteiger partial charge in [0.2, 0.25) is 0 Å². The molecule has 0 saturated heterocycles. The Morgan fingerprint density at radius 2 is 1.62 bits per heavy atom. The molecule has 0 unspecified atom stereocenters. The number of nitrogens with zero attached hydrogens (tertiary/aromatic N) is 1. The van der Waals surface area contributed by atoms with E-state index in [0.29, 0.717) is 50.5 Å². The number of esters is 1. The highest BCUT2D eigenvalue weighted by Crippen LogP contribution is 2.29. The summed E-state index contributed by atoms with van der Waals surface area (Å²) in [6.45, 7) is 1.68. The van der Waals surface area contributed by atoms with Gasteiger partial charge in [-0.05, 0) is 78.6 Å². The molecule has 0 aliphatic carbocycles. The van der Waals surface area contributed by atoms with Crippen molar-refractivity contribution in [1.29, 1.82) is 0 Å². The van der Waals surface area contributed by atoms with Crippen LogP contribution in [0.25, 0.3) is 10.9 Å². The molecule has 0 spiro atoms. The number of aliphatic hydroxyl groups excluding tert-OH is 2. The number of hydrogen-bond donors (Lipinski definition) is 2. The first kappa shape index (κ1) is 23.7. The quantitative estimate of drug-likeness (QED) is 0.303. The Kier molecular flexibility index (Phi) is 7.12. The van der Waals surface area contributed by atoms with Crippen LogP contribution in [0, 0.1) is 6.92 Å². The molecule has 4 aromatic rings. The van der Waals surface area contributed by atoms with Gasteiger partial charge in [0.1, 0.15) is 5.75 Å². The highest BCUT2D eigenvalue weighted by molar-refractivity contribution is 6.30. The van der Waals surface area contributed by atoms with Crippen molar-refractivity contribution >= 4 is 34.4 Å². The number of carbonyl (C=O) groups is 2. The van der Waals surface area contributed by atoms with Crippen LogP contribution >= 0.6 is 11.6 Å². The number of aliphatic hydroxyl groups is 2. The van der Waals surface area contributed by atoms with Gasteiger partial charge in [0.25, 0.3) is 5.91 Å². The Morgan fingerprint density at radius 1 is 0.941 bits per heavy atom. The lowest BCUT2D eigenvalue weighted by atomic mass is 10.1. The van der Waals surface area contributed by atoms with E-state index in [1.54, 1.807) is 78.2 Å². The minimum absolute atomic E-state index is 0.0451. The topological polar surface area (TPSA) is 88.8 Å². The standard InChI is InChI=1S/C27H24ClNO5/c1-17-23(15-26(32)34-22-9-2-18(3-10-22)12-13-30)24-14-19(16-31)4-11-25(24)29(17)27(33)20-5-7-21(28)8-6-20/h2-11,14,30-31H,12-13,15-16H2,1H3. The molecular weight excluding hydrogens is 454 g/mol. The van der Waals surface area contributed by atoms with E-state index in [0.717, 1.165) is 5.56 Å². The van der Waals surface area contributed by atoms with Gasteiger partial charge in [-0.2, -0.15) is 0 Å². The molecule has 0 fully saturated rings. The molecule has 0 radical (unpaired) electrons. The highest BCUT2D eigenvalue weighted by Gasteiger charge is 2.22. The van der Waals surface area contributed by atoms with E-state index in [-0.39, 0.29) is 25.5 Å². The number of halogens is 1. The van der Waals surface area contributed by atoms with Gasteiger partial charge in [-0.3, -0.25) is 14.2 Å². The molecule has 7 heteroatoms. The van der Waals surface area contributed by atoms with E-state index < -0.39 is 5.97 Å². The fraction of sp³-hybridized carbons (Fsp3) is 0.185. The molecule has 1 heterocycles. The molecule has 1 aromatic heterocycles. The van der Waals surface area contributed by atoms with Crippen LogP contribution < -0.4 is 4.74 Å². The normalized spacial score (nSPS) is 11.1. The second kappa shape index (κ2) is 10.2. The van der Waals surface area contributed by atoms with Crippen molar-refractivity contribution in [2.24, 2.45) is 0 Å². The third kappa shape index (κ3) is 4.89. The zero-order valence-electron chi connectivity index (χ0n) is 18.6. The van der Waals surface area contributed by atoms with Gasteiger partial charge in [0, 0.05) is 28.3 Å². The maximum Gasteiger partial charge on any atom is 0.315 e. The number of fused-ring (bicyclic) bond motifs is 1. The van der Waals surface area contributed by atoms with E-state index >= 15 is 0 Å². The van der Waals surface area contributed by atoms with Crippen molar-refractivity contribution in [2.75, 3.05) is 6.61 Å². The van der Waals surface area contributed by atoms with Crippen molar-refractivity contribution in [2.45, 2.75) is 26.4 Å². The first-order valence-corrected chi connectivity index (χ1v) is 11.2. The molecule has 0 aliphatic rings. The molecule has 2 N–H and O–H groups in total. The monoisotopic (exact) mass is 477 g/mol. The molecule has 34 heavy (non-hydrogen) atoms. The average Bonchev–Trinajstić information content (AvgIpc) is 3.11. The summed E-state index contributed by atoms with van der Waals surface area (Å²) in [7, 11) is 0. The second-order valence-corrected chi connectivity index (χ2v) is 8.43. The Hall–Kier alpha value is -3.45. The van der Waals surface area contributed by atoms with Gasteiger partial charge < -0.3 is 14.9 Å². The van der Waals surface area contributed by atoms with E-state index in [1.807, 2.05) is 0 Å². The molecular formula is C27H24ClNO5. The maximum absolute atomic E-state index is 13.4. The minimum atomic E-state index is -0.467. The predicted molar refractivity (Wildman–Crippen MR) is 130 cm³/mol. The van der Waals surface area contributed by atoms with Gasteiger partial charge in [-0.25, -0.2) is 0 Å². The van der Waals surface area contributed by atoms with Gasteiger partial charge in [0.05, 0.1) is 18.5 Å². The molecule has 0 aliphatic heterocycles. The number of carbonyl (C=O) groups excluding carboxylic acids is 2. The van der Waals surface area contributed by atoms with Crippen molar-refractivity contribution in [3.63, 3.8) is 0 Å². The average molecular weight is 478 g/mol. The fourth-order valence-electron chi connectivity index (χ4n) is 4.00. The summed E-state index contributed by atoms with van der Waals surface area (Å²) in [6, 6.07) is 18.9. The van der Waals surface area contributed by atoms with Crippen LogP contribution in [-0.4, -0.2) is 33.3 Å². The first-order chi connectivity index (χ1) is 16.4. The number of benzene rings is 3. The molecule has 174 valence electrons. The Labute approximate surface area is 202 Å². The summed E-state index contributed by atoms with van der Waals surface area (Å²) in [5.41, 5.74) is 4.02. The summed E-state index contributed by atoms with van der Waals surface area (Å²) in [5, 5.41) is 19.9. The SMILES string of the molecule is Cc1c(CC(=O)Oc2ccc(CCO)cc2)c2cc(CO)ccc2n1C(=O)c1ccc(Cl)cc1. The first-order valence-electron chi connectivity index (χ1n) is 10.9. The van der Waals surface area contributed by atoms with Crippen molar-refractivity contribution < 1.29 is 24.5 Å². The summed E-state index contributed by atoms with van der Waals surface area (Å²) in [5.74, 6) is -0.304. The van der Waals surface area contributed by atoms with E-state index in [1.165, 1.54) is 0 Å². The predicted octanol–water partition coefficient (Wildman–Crippen LogP) is 4.47. The smallest absolute Gasteiger partial charge is 0.315 e. The third-order valence-electron chi connectivity index (χ3n) is 5.75. The molecule has 3 aromatic carbocycles. The van der Waals surface area contributed by atoms with E-state index in [9.17, 15) is 14.7 Å². The Morgan fingerprint density at radius 3 is 2.26 bits per heavy atom. The zero-order chi connectivity index (χ0) is 24.2. The number of hydrogen-bond acceptors (Lipinski definition) is 5. The van der Waals surface area contributed by atoms with Crippen LogP contribution in [0.15, 0.2) is 66.7 Å². The van der Waals surface area contributed by atoms with Gasteiger partial charge in [-0.1, -0.05) is 29.8 Å². The molecule has 0 saturated carbocycles. The lowest BCUT2D eigenvalue weighted by Crippen LogP contribution is -2.15. The zero-order valence-corrected chi connectivity index (χ0v) is 19.4. The van der Waals surface area contributed by atoms with E-state index in [2.05, 4.69) is 0 Å². The second-order valence-electron chi connectivity index (χ2n) is 7.99. The Balaban J connectivity index is 1.68. The molecule has 0 amide bonds. The summed E-state index contributed by atoms with van der Waals surface area (Å²) < 4.78 is 7.10. The van der Waals surface area contributed by atoms with Crippen molar-refractivity contribution in [3.8, 4) is 5.75 Å². The fourth-order valence-corrected chi connectivity index (χ4v) is 4.13. The van der Waals surface area contributed by atoms with Crippen LogP contribution in [0.3, 0.4) is 0 Å². The summed E-state index contributed by atoms with van der Waals surface area (Å²) >= 11 is 5.97. The third-order valence-corrected chi connectivity index (χ3v) is 6.00. The van der Waals surface area contributed by atoms with E-state index in [4.69, 9.17) is 21.4 Å². The molecule has 4 rings (SSSR count). The van der Waals surface area contributed by atoms with Gasteiger partial charge >= 0.3 is 5.97 Å². The summed E-state index contributed by atoms with van der Waals surface area (Å²) in [6.07, 6.45) is 0.484. The van der Waals surface area contributed by atoms with Gasteiger partial charge in [-0.15, -0.1) is 0 Å². The number of rotatable bonds is 7. The minimum Gasteiger partial charge on any atom is -0.426 e. The largest absolute Gasteiger partial charge is 0.426 e. The Bertz CT molecular complexity index is 1340. The summed E-state index contributed by atoms with van der Waals surface area (Å²) in [4.78, 5) is 26.2. The van der Waals surface area contributed by atoms with Crippen LogP contribution in [0.5, 0.6) is 5.75 Å². The molecule has 0 atom stereocenters. The number of ether oxygens (including phenoxy) is 1. The highest BCUT2D eigenvalue weighted by atomic mass is 35.5. The lowest BCUT2D eigenvalue weighted by Gasteiger charge is -2.08. The maximum atomic E-state index is 13.4. The lowest BCUT2D eigenvalue weighted by molar-refractivity contribution is -0.133. The van der Waals surface area contributed by atoms with Crippen LogP contribution in [0.4, 0.5) is 0 Å². The van der Waals surface area contributed by atoms with Crippen LogP contribution in [0.2, 0.25) is 5.02 Å². The van der Waals surface area contributed by atoms with Crippen LogP contribution in [0.1, 0.15) is 32.7 Å². The van der Waals surface area contributed by atoms with Crippen molar-refractivity contribution in [1.82, 2.24) is 4.57 Å².